The predicted molar refractivity (Wildman–Crippen MR) is 88.1 cm³/mol. The van der Waals surface area contributed by atoms with Gasteiger partial charge in [-0.3, -0.25) is 4.90 Å². The number of hydrogen-bond donors (Lipinski definition) is 1. The highest BCUT2D eigenvalue weighted by Crippen LogP contribution is 2.31. The summed E-state index contributed by atoms with van der Waals surface area (Å²) < 4.78 is 0. The number of rotatable bonds is 9. The first-order valence-corrected chi connectivity index (χ1v) is 9.18. The Morgan fingerprint density at radius 2 is 1.70 bits per heavy atom. The van der Waals surface area contributed by atoms with Gasteiger partial charge in [-0.05, 0) is 50.5 Å². The molecule has 0 amide bonds. The Kier molecular flexibility index (Phi) is 6.83. The van der Waals surface area contributed by atoms with Gasteiger partial charge in [0.05, 0.1) is 0 Å². The quantitative estimate of drug-likeness (QED) is 0.685. The second-order valence-electron chi connectivity index (χ2n) is 7.54. The minimum Gasteiger partial charge on any atom is -0.312 e. The molecule has 1 unspecified atom stereocenters. The summed E-state index contributed by atoms with van der Waals surface area (Å²) in [4.78, 5) is 2.80. The van der Waals surface area contributed by atoms with Crippen LogP contribution in [-0.2, 0) is 0 Å². The van der Waals surface area contributed by atoms with Gasteiger partial charge >= 0.3 is 0 Å². The van der Waals surface area contributed by atoms with Gasteiger partial charge in [0.15, 0.2) is 0 Å². The van der Waals surface area contributed by atoms with Gasteiger partial charge in [-0.2, -0.15) is 0 Å². The fourth-order valence-corrected chi connectivity index (χ4v) is 3.78. The van der Waals surface area contributed by atoms with Gasteiger partial charge in [0.1, 0.15) is 0 Å². The summed E-state index contributed by atoms with van der Waals surface area (Å²) in [6, 6.07) is 1.65. The average molecular weight is 280 g/mol. The van der Waals surface area contributed by atoms with E-state index in [1.54, 1.807) is 0 Å². The first-order chi connectivity index (χ1) is 9.70. The Hall–Kier alpha value is -0.0800. The van der Waals surface area contributed by atoms with Crippen LogP contribution in [0.4, 0.5) is 0 Å². The second kappa shape index (κ2) is 8.38. The van der Waals surface area contributed by atoms with Gasteiger partial charge in [-0.15, -0.1) is 0 Å². The third-order valence-corrected chi connectivity index (χ3v) is 4.97. The van der Waals surface area contributed by atoms with Crippen LogP contribution in [0, 0.1) is 11.8 Å². The number of hydrogen-bond acceptors (Lipinski definition) is 2. The maximum absolute atomic E-state index is 3.88. The van der Waals surface area contributed by atoms with Crippen molar-refractivity contribution in [1.29, 1.82) is 0 Å². The van der Waals surface area contributed by atoms with Crippen LogP contribution in [0.3, 0.4) is 0 Å². The van der Waals surface area contributed by atoms with Crippen LogP contribution in [0.15, 0.2) is 0 Å². The molecule has 0 spiro atoms. The molecule has 20 heavy (non-hydrogen) atoms. The van der Waals surface area contributed by atoms with Gasteiger partial charge in [0.25, 0.3) is 0 Å². The molecule has 0 bridgehead atoms. The summed E-state index contributed by atoms with van der Waals surface area (Å²) in [5, 5.41) is 3.88. The molecule has 0 aromatic rings. The lowest BCUT2D eigenvalue weighted by Gasteiger charge is -2.36. The van der Waals surface area contributed by atoms with Crippen molar-refractivity contribution in [1.82, 2.24) is 10.2 Å². The zero-order valence-electron chi connectivity index (χ0n) is 14.0. The average Bonchev–Trinajstić information content (AvgIpc) is 3.27. The molecule has 2 saturated carbocycles. The second-order valence-corrected chi connectivity index (χ2v) is 7.54. The van der Waals surface area contributed by atoms with Crippen molar-refractivity contribution in [2.75, 3.05) is 19.6 Å². The summed E-state index contributed by atoms with van der Waals surface area (Å²) in [5.74, 6) is 1.73. The molecule has 0 aromatic heterocycles. The van der Waals surface area contributed by atoms with Crippen molar-refractivity contribution in [3.63, 3.8) is 0 Å². The minimum atomic E-state index is 0.745. The molecule has 2 fully saturated rings. The molecule has 2 aliphatic carbocycles. The van der Waals surface area contributed by atoms with Gasteiger partial charge in [0, 0.05) is 25.2 Å². The highest BCUT2D eigenvalue weighted by molar-refractivity contribution is 4.90. The van der Waals surface area contributed by atoms with Gasteiger partial charge in [-0.1, -0.05) is 40.0 Å². The minimum absolute atomic E-state index is 0.745. The lowest BCUT2D eigenvalue weighted by Crippen LogP contribution is -2.48. The Bertz CT molecular complexity index is 254. The van der Waals surface area contributed by atoms with E-state index in [1.807, 2.05) is 0 Å². The maximum atomic E-state index is 3.88. The molecule has 0 saturated heterocycles. The van der Waals surface area contributed by atoms with Crippen LogP contribution in [0.25, 0.3) is 0 Å². The van der Waals surface area contributed by atoms with Crippen LogP contribution in [0.1, 0.15) is 72.1 Å². The molecule has 2 heteroatoms. The normalized spacial score (nSPS) is 22.6. The highest BCUT2D eigenvalue weighted by Gasteiger charge is 2.33. The van der Waals surface area contributed by atoms with E-state index < -0.39 is 0 Å². The first-order valence-electron chi connectivity index (χ1n) is 9.18. The molecule has 2 nitrogen and oxygen atoms in total. The van der Waals surface area contributed by atoms with Crippen LogP contribution in [0.5, 0.6) is 0 Å². The first kappa shape index (κ1) is 16.3. The van der Waals surface area contributed by atoms with E-state index in [1.165, 1.54) is 71.0 Å². The van der Waals surface area contributed by atoms with Crippen LogP contribution >= 0.6 is 0 Å². The highest BCUT2D eigenvalue weighted by atomic mass is 15.2. The van der Waals surface area contributed by atoms with E-state index in [4.69, 9.17) is 0 Å². The molecule has 0 radical (unpaired) electrons. The summed E-state index contributed by atoms with van der Waals surface area (Å²) in [7, 11) is 0. The molecule has 2 aliphatic rings. The molecular formula is C18H36N2. The monoisotopic (exact) mass is 280 g/mol. The smallest absolute Gasteiger partial charge is 0.0223 e. The number of nitrogens with zero attached hydrogens (tertiary/aromatic N) is 1. The molecule has 0 aliphatic heterocycles. The van der Waals surface area contributed by atoms with Crippen molar-refractivity contribution in [3.8, 4) is 0 Å². The van der Waals surface area contributed by atoms with Crippen LogP contribution in [0.2, 0.25) is 0 Å². The Morgan fingerprint density at radius 3 is 2.25 bits per heavy atom. The zero-order chi connectivity index (χ0) is 14.4. The summed E-state index contributed by atoms with van der Waals surface area (Å²) in [6.45, 7) is 10.8. The van der Waals surface area contributed by atoms with Crippen LogP contribution < -0.4 is 5.32 Å². The SMILES string of the molecule is CCCNC(CN(CC(C)C)C1CC1)C1CCCCC1. The molecule has 2 rings (SSSR count). The van der Waals surface area contributed by atoms with Crippen molar-refractivity contribution < 1.29 is 0 Å². The standard InChI is InChI=1S/C18H36N2/c1-4-12-19-18(16-8-6-5-7-9-16)14-20(13-15(2)3)17-10-11-17/h15-19H,4-14H2,1-3H3. The Morgan fingerprint density at radius 1 is 1.00 bits per heavy atom. The third kappa shape index (κ3) is 5.37. The predicted octanol–water partition coefficient (Wildman–Crippen LogP) is 4.06. The molecular weight excluding hydrogens is 244 g/mol. The van der Waals surface area contributed by atoms with E-state index >= 15 is 0 Å². The van der Waals surface area contributed by atoms with Crippen molar-refractivity contribution in [3.05, 3.63) is 0 Å². The van der Waals surface area contributed by atoms with Crippen molar-refractivity contribution in [2.24, 2.45) is 11.8 Å². The number of nitrogens with one attached hydrogen (secondary N) is 1. The zero-order valence-corrected chi connectivity index (χ0v) is 14.0. The lowest BCUT2D eigenvalue weighted by molar-refractivity contribution is 0.164. The van der Waals surface area contributed by atoms with Gasteiger partial charge in [-0.25, -0.2) is 0 Å². The van der Waals surface area contributed by atoms with E-state index in [9.17, 15) is 0 Å². The largest absolute Gasteiger partial charge is 0.312 e. The summed E-state index contributed by atoms with van der Waals surface area (Å²) >= 11 is 0. The molecule has 118 valence electrons. The van der Waals surface area contributed by atoms with Gasteiger partial charge < -0.3 is 5.32 Å². The molecule has 1 atom stereocenters. The topological polar surface area (TPSA) is 15.3 Å². The molecule has 0 aromatic carbocycles. The van der Waals surface area contributed by atoms with Crippen molar-refractivity contribution in [2.45, 2.75) is 84.2 Å². The molecule has 1 N–H and O–H groups in total. The van der Waals surface area contributed by atoms with Crippen LogP contribution in [-0.4, -0.2) is 36.6 Å². The summed E-state index contributed by atoms with van der Waals surface area (Å²) in [6.07, 6.45) is 11.5. The van der Waals surface area contributed by atoms with E-state index in [-0.39, 0.29) is 0 Å². The van der Waals surface area contributed by atoms with Crippen molar-refractivity contribution >= 4 is 0 Å². The van der Waals surface area contributed by atoms with E-state index in [0.29, 0.717) is 0 Å². The van der Waals surface area contributed by atoms with Gasteiger partial charge in [0.2, 0.25) is 0 Å². The Labute approximate surface area is 126 Å². The van der Waals surface area contributed by atoms with E-state index in [2.05, 4.69) is 31.0 Å². The fraction of sp³-hybridized carbons (Fsp3) is 1.00. The Balaban J connectivity index is 1.89. The molecule has 0 heterocycles. The maximum Gasteiger partial charge on any atom is 0.0223 e. The van der Waals surface area contributed by atoms with E-state index in [0.717, 1.165) is 23.9 Å². The fourth-order valence-electron chi connectivity index (χ4n) is 3.78. The lowest BCUT2D eigenvalue weighted by atomic mass is 9.83. The third-order valence-electron chi connectivity index (χ3n) is 4.97. The summed E-state index contributed by atoms with van der Waals surface area (Å²) in [5.41, 5.74) is 0.